The van der Waals surface area contributed by atoms with Crippen molar-refractivity contribution < 1.29 is 10.0 Å². The molecular weight excluding hydrogens is 382 g/mol. The number of thiophene rings is 1. The van der Waals surface area contributed by atoms with Crippen LogP contribution in [-0.2, 0) is 13.1 Å². The average Bonchev–Trinajstić information content (AvgIpc) is 3.16. The first-order valence-corrected chi connectivity index (χ1v) is 10.9. The maximum Gasteiger partial charge on any atom is 0.287 e. The Morgan fingerprint density at radius 2 is 1.90 bits per heavy atom. The van der Waals surface area contributed by atoms with Gasteiger partial charge in [-0.1, -0.05) is 36.4 Å². The number of amides is 1. The highest BCUT2D eigenvalue weighted by Gasteiger charge is 2.19. The van der Waals surface area contributed by atoms with Gasteiger partial charge in [0.15, 0.2) is 0 Å². The Kier molecular flexibility index (Phi) is 6.25. The monoisotopic (exact) mass is 409 g/mol. The second-order valence-electron chi connectivity index (χ2n) is 7.73. The predicted molar refractivity (Wildman–Crippen MR) is 117 cm³/mol. The number of hydrogen-bond acceptors (Lipinski definition) is 5. The summed E-state index contributed by atoms with van der Waals surface area (Å²) in [4.78, 5) is 15.0. The molecule has 1 amide bonds. The summed E-state index contributed by atoms with van der Waals surface area (Å²) >= 11 is 1.41. The van der Waals surface area contributed by atoms with Crippen LogP contribution < -0.4 is 5.32 Å². The SMILES string of the molecule is CN(O)C(=O)c1cc2cc(CNC3CCN(Cc4ccccc4)CC3)ccc2s1. The molecule has 2 heterocycles. The van der Waals surface area contributed by atoms with Crippen molar-refractivity contribution in [3.8, 4) is 0 Å². The van der Waals surface area contributed by atoms with E-state index in [0.717, 1.165) is 49.1 Å². The zero-order chi connectivity index (χ0) is 20.2. The van der Waals surface area contributed by atoms with Crippen molar-refractivity contribution in [1.29, 1.82) is 0 Å². The summed E-state index contributed by atoms with van der Waals surface area (Å²) in [5.74, 6) is -0.367. The molecule has 2 N–H and O–H groups in total. The van der Waals surface area contributed by atoms with Gasteiger partial charge in [-0.05, 0) is 60.6 Å². The van der Waals surface area contributed by atoms with E-state index >= 15 is 0 Å². The summed E-state index contributed by atoms with van der Waals surface area (Å²) in [5.41, 5.74) is 2.60. The van der Waals surface area contributed by atoms with Gasteiger partial charge in [-0.2, -0.15) is 0 Å². The Morgan fingerprint density at radius 1 is 1.14 bits per heavy atom. The Balaban J connectivity index is 1.29. The minimum Gasteiger partial charge on any atom is -0.310 e. The molecule has 0 aliphatic carbocycles. The number of piperidine rings is 1. The van der Waals surface area contributed by atoms with Crippen LogP contribution in [0.15, 0.2) is 54.6 Å². The second-order valence-corrected chi connectivity index (χ2v) is 8.81. The second kappa shape index (κ2) is 9.05. The molecule has 0 unspecified atom stereocenters. The average molecular weight is 410 g/mol. The zero-order valence-electron chi connectivity index (χ0n) is 16.7. The molecule has 0 bridgehead atoms. The lowest BCUT2D eigenvalue weighted by Gasteiger charge is -2.32. The number of hydroxylamine groups is 2. The Morgan fingerprint density at radius 3 is 2.62 bits per heavy atom. The van der Waals surface area contributed by atoms with Gasteiger partial charge in [-0.3, -0.25) is 14.9 Å². The summed E-state index contributed by atoms with van der Waals surface area (Å²) in [5, 5.41) is 14.7. The van der Waals surface area contributed by atoms with Crippen LogP contribution in [0.2, 0.25) is 0 Å². The van der Waals surface area contributed by atoms with Crippen LogP contribution in [0.25, 0.3) is 10.1 Å². The highest BCUT2D eigenvalue weighted by molar-refractivity contribution is 7.20. The molecule has 0 saturated carbocycles. The lowest BCUT2D eigenvalue weighted by atomic mass is 10.0. The predicted octanol–water partition coefficient (Wildman–Crippen LogP) is 4.12. The zero-order valence-corrected chi connectivity index (χ0v) is 17.5. The molecule has 3 aromatic rings. The molecule has 4 rings (SSSR count). The lowest BCUT2D eigenvalue weighted by Crippen LogP contribution is -2.41. The summed E-state index contributed by atoms with van der Waals surface area (Å²) in [6, 6.07) is 19.4. The highest BCUT2D eigenvalue weighted by atomic mass is 32.1. The highest BCUT2D eigenvalue weighted by Crippen LogP contribution is 2.27. The van der Waals surface area contributed by atoms with Crippen molar-refractivity contribution in [2.45, 2.75) is 32.0 Å². The quantitative estimate of drug-likeness (QED) is 0.475. The first kappa shape index (κ1) is 20.0. The van der Waals surface area contributed by atoms with Crippen molar-refractivity contribution in [2.75, 3.05) is 20.1 Å². The molecule has 5 nitrogen and oxygen atoms in total. The maximum absolute atomic E-state index is 11.9. The molecule has 6 heteroatoms. The third-order valence-corrected chi connectivity index (χ3v) is 6.62. The molecule has 1 saturated heterocycles. The van der Waals surface area contributed by atoms with Crippen molar-refractivity contribution in [3.63, 3.8) is 0 Å². The fourth-order valence-corrected chi connectivity index (χ4v) is 4.88. The number of hydrogen-bond donors (Lipinski definition) is 2. The molecule has 2 aromatic carbocycles. The number of rotatable bonds is 6. The number of likely N-dealkylation sites (tertiary alicyclic amines) is 1. The van der Waals surface area contributed by atoms with Gasteiger partial charge in [0, 0.05) is 30.9 Å². The minimum absolute atomic E-state index is 0.367. The molecule has 1 fully saturated rings. The Bertz CT molecular complexity index is 963. The van der Waals surface area contributed by atoms with Crippen LogP contribution in [-0.4, -0.2) is 47.3 Å². The lowest BCUT2D eigenvalue weighted by molar-refractivity contribution is -0.0370. The van der Waals surface area contributed by atoms with Crippen LogP contribution in [0, 0.1) is 0 Å². The molecule has 0 radical (unpaired) electrons. The number of benzene rings is 2. The summed E-state index contributed by atoms with van der Waals surface area (Å²) in [6.07, 6.45) is 2.32. The maximum atomic E-state index is 11.9. The third-order valence-electron chi connectivity index (χ3n) is 5.52. The summed E-state index contributed by atoms with van der Waals surface area (Å²) < 4.78 is 1.06. The van der Waals surface area contributed by atoms with E-state index in [4.69, 9.17) is 0 Å². The van der Waals surface area contributed by atoms with E-state index in [-0.39, 0.29) is 5.91 Å². The van der Waals surface area contributed by atoms with Gasteiger partial charge in [-0.15, -0.1) is 11.3 Å². The van der Waals surface area contributed by atoms with Gasteiger partial charge in [0.25, 0.3) is 5.91 Å². The van der Waals surface area contributed by atoms with E-state index in [1.54, 1.807) is 0 Å². The van der Waals surface area contributed by atoms with Crippen molar-refractivity contribution in [1.82, 2.24) is 15.3 Å². The minimum atomic E-state index is -0.367. The number of fused-ring (bicyclic) bond motifs is 1. The van der Waals surface area contributed by atoms with Crippen LogP contribution in [0.3, 0.4) is 0 Å². The van der Waals surface area contributed by atoms with Gasteiger partial charge in [0.1, 0.15) is 0 Å². The van der Waals surface area contributed by atoms with Crippen molar-refractivity contribution >= 4 is 27.3 Å². The van der Waals surface area contributed by atoms with Crippen LogP contribution >= 0.6 is 11.3 Å². The van der Waals surface area contributed by atoms with E-state index in [1.165, 1.54) is 29.5 Å². The molecular formula is C23H27N3O2S. The molecule has 1 aliphatic rings. The van der Waals surface area contributed by atoms with Crippen molar-refractivity contribution in [3.05, 3.63) is 70.6 Å². The van der Waals surface area contributed by atoms with E-state index in [9.17, 15) is 10.0 Å². The standard InChI is InChI=1S/C23H27N3O2S/c1-25(28)23(27)22-14-19-13-18(7-8-21(19)29-22)15-24-20-9-11-26(12-10-20)16-17-5-3-2-4-6-17/h2-8,13-14,20,24,28H,9-12,15-16H2,1H3. The first-order valence-electron chi connectivity index (χ1n) is 10.1. The third kappa shape index (κ3) is 5.03. The summed E-state index contributed by atoms with van der Waals surface area (Å²) in [7, 11) is 1.35. The van der Waals surface area contributed by atoms with Gasteiger partial charge in [-0.25, -0.2) is 5.06 Å². The number of carbonyl (C=O) groups excluding carboxylic acids is 1. The normalized spacial score (nSPS) is 15.7. The van der Waals surface area contributed by atoms with Gasteiger partial charge in [0.2, 0.25) is 0 Å². The fraction of sp³-hybridized carbons (Fsp3) is 0.348. The topological polar surface area (TPSA) is 55.8 Å². The molecule has 1 aliphatic heterocycles. The van der Waals surface area contributed by atoms with Crippen molar-refractivity contribution in [2.24, 2.45) is 0 Å². The van der Waals surface area contributed by atoms with Crippen LogP contribution in [0.5, 0.6) is 0 Å². The molecule has 1 aromatic heterocycles. The molecule has 29 heavy (non-hydrogen) atoms. The van der Waals surface area contributed by atoms with Crippen LogP contribution in [0.1, 0.15) is 33.6 Å². The van der Waals surface area contributed by atoms with E-state index < -0.39 is 0 Å². The number of carbonyl (C=O) groups is 1. The smallest absolute Gasteiger partial charge is 0.287 e. The number of nitrogens with zero attached hydrogens (tertiary/aromatic N) is 2. The van der Waals surface area contributed by atoms with Gasteiger partial charge in [0.05, 0.1) is 4.88 Å². The Hall–Kier alpha value is -2.25. The summed E-state index contributed by atoms with van der Waals surface area (Å²) in [6.45, 7) is 4.11. The first-order chi connectivity index (χ1) is 14.1. The van der Waals surface area contributed by atoms with E-state index in [2.05, 4.69) is 58.7 Å². The molecule has 0 spiro atoms. The number of nitrogens with one attached hydrogen (secondary N) is 1. The van der Waals surface area contributed by atoms with Gasteiger partial charge >= 0.3 is 0 Å². The Labute approximate surface area is 175 Å². The van der Waals surface area contributed by atoms with E-state index in [0.29, 0.717) is 16.0 Å². The van der Waals surface area contributed by atoms with Crippen LogP contribution in [0.4, 0.5) is 0 Å². The largest absolute Gasteiger partial charge is 0.310 e. The molecule has 0 atom stereocenters. The van der Waals surface area contributed by atoms with E-state index in [1.807, 2.05) is 6.07 Å². The molecule has 152 valence electrons. The fourth-order valence-electron chi connectivity index (χ4n) is 3.87. The van der Waals surface area contributed by atoms with Gasteiger partial charge < -0.3 is 5.32 Å².